The van der Waals surface area contributed by atoms with Crippen molar-refractivity contribution < 1.29 is 9.59 Å². The van der Waals surface area contributed by atoms with E-state index >= 15 is 0 Å². The second kappa shape index (κ2) is 6.99. The predicted molar refractivity (Wildman–Crippen MR) is 72.5 cm³/mol. The Bertz CT molecular complexity index is 302. The van der Waals surface area contributed by atoms with Crippen molar-refractivity contribution in [3.05, 3.63) is 0 Å². The second-order valence-electron chi connectivity index (χ2n) is 4.87. The summed E-state index contributed by atoms with van der Waals surface area (Å²) >= 11 is 1.88. The molecule has 2 rings (SSSR count). The van der Waals surface area contributed by atoms with Crippen LogP contribution in [0, 0.1) is 0 Å². The zero-order chi connectivity index (χ0) is 12.8. The molecule has 1 saturated heterocycles. The van der Waals surface area contributed by atoms with Crippen LogP contribution < -0.4 is 16.0 Å². The van der Waals surface area contributed by atoms with Gasteiger partial charge in [-0.3, -0.25) is 9.59 Å². The van der Waals surface area contributed by atoms with Crippen LogP contribution in [0.4, 0.5) is 0 Å². The Balaban J connectivity index is 1.52. The number of hydrogen-bond donors (Lipinski definition) is 3. The van der Waals surface area contributed by atoms with Gasteiger partial charge in [0.25, 0.3) is 0 Å². The lowest BCUT2D eigenvalue weighted by Gasteiger charge is -2.22. The molecule has 1 atom stereocenters. The number of amides is 2. The van der Waals surface area contributed by atoms with Crippen molar-refractivity contribution in [2.75, 3.05) is 24.6 Å². The van der Waals surface area contributed by atoms with Crippen molar-refractivity contribution in [3.63, 3.8) is 0 Å². The Morgan fingerprint density at radius 2 is 2.11 bits per heavy atom. The van der Waals surface area contributed by atoms with Crippen molar-refractivity contribution in [1.29, 1.82) is 0 Å². The van der Waals surface area contributed by atoms with Crippen molar-refractivity contribution in [3.8, 4) is 0 Å². The van der Waals surface area contributed by atoms with E-state index < -0.39 is 0 Å². The summed E-state index contributed by atoms with van der Waals surface area (Å²) in [4.78, 5) is 23.0. The molecule has 1 aliphatic carbocycles. The maximum Gasteiger partial charge on any atom is 0.221 e. The van der Waals surface area contributed by atoms with Crippen LogP contribution in [0.1, 0.15) is 25.7 Å². The fourth-order valence-electron chi connectivity index (χ4n) is 1.89. The van der Waals surface area contributed by atoms with Gasteiger partial charge in [0.05, 0.1) is 0 Å². The van der Waals surface area contributed by atoms with Crippen molar-refractivity contribution in [2.45, 2.75) is 37.8 Å². The summed E-state index contributed by atoms with van der Waals surface area (Å²) < 4.78 is 0. The predicted octanol–water partition coefficient (Wildman–Crippen LogP) is -0.134. The summed E-state index contributed by atoms with van der Waals surface area (Å²) in [5, 5.41) is 9.03. The van der Waals surface area contributed by atoms with E-state index in [4.69, 9.17) is 0 Å². The van der Waals surface area contributed by atoms with E-state index in [-0.39, 0.29) is 17.9 Å². The largest absolute Gasteiger partial charge is 0.356 e. The van der Waals surface area contributed by atoms with E-state index in [1.54, 1.807) is 0 Å². The fourth-order valence-corrected chi connectivity index (χ4v) is 2.84. The van der Waals surface area contributed by atoms with Crippen LogP contribution in [0.5, 0.6) is 0 Å². The molecule has 0 aromatic rings. The second-order valence-corrected chi connectivity index (χ2v) is 6.02. The summed E-state index contributed by atoms with van der Waals surface area (Å²) in [6, 6.07) is 0.681. The number of rotatable bonds is 6. The van der Waals surface area contributed by atoms with Crippen molar-refractivity contribution in [2.24, 2.45) is 0 Å². The molecule has 0 radical (unpaired) electrons. The molecule has 1 saturated carbocycles. The summed E-state index contributed by atoms with van der Waals surface area (Å²) in [6.45, 7) is 1.42. The van der Waals surface area contributed by atoms with Crippen molar-refractivity contribution >= 4 is 23.6 Å². The number of carbonyl (C=O) groups excluding carboxylic acids is 2. The van der Waals surface area contributed by atoms with Gasteiger partial charge in [0.2, 0.25) is 11.8 Å². The lowest BCUT2D eigenvalue weighted by Crippen LogP contribution is -2.41. The van der Waals surface area contributed by atoms with Crippen molar-refractivity contribution in [1.82, 2.24) is 16.0 Å². The molecule has 0 aromatic carbocycles. The number of carbonyl (C=O) groups is 2. The summed E-state index contributed by atoms with van der Waals surface area (Å²) in [5.41, 5.74) is 0. The zero-order valence-corrected chi connectivity index (χ0v) is 11.4. The maximum atomic E-state index is 11.6. The Hall–Kier alpha value is -0.750. The van der Waals surface area contributed by atoms with E-state index in [9.17, 15) is 9.59 Å². The average Bonchev–Trinajstić information content (AvgIpc) is 3.14. The summed E-state index contributed by atoms with van der Waals surface area (Å²) in [5.74, 6) is 2.20. The van der Waals surface area contributed by atoms with Gasteiger partial charge in [0.1, 0.15) is 0 Å². The third-order valence-corrected chi connectivity index (χ3v) is 4.18. The van der Waals surface area contributed by atoms with Gasteiger partial charge in [-0.15, -0.1) is 0 Å². The Morgan fingerprint density at radius 1 is 1.28 bits per heavy atom. The standard InChI is InChI=1S/C12H21N3O2S/c16-11(15-9-1-2-9)3-4-14-12(17)7-10-8-18-6-5-13-10/h9-10,13H,1-8H2,(H,14,17)(H,15,16). The third-order valence-electron chi connectivity index (χ3n) is 3.05. The van der Waals surface area contributed by atoms with E-state index in [0.29, 0.717) is 25.4 Å². The maximum absolute atomic E-state index is 11.6. The van der Waals surface area contributed by atoms with Crippen LogP contribution in [-0.2, 0) is 9.59 Å². The molecule has 6 heteroatoms. The average molecular weight is 271 g/mol. The highest BCUT2D eigenvalue weighted by Crippen LogP contribution is 2.18. The number of nitrogens with one attached hydrogen (secondary N) is 3. The van der Waals surface area contributed by atoms with E-state index in [1.807, 2.05) is 11.8 Å². The molecule has 102 valence electrons. The topological polar surface area (TPSA) is 70.2 Å². The van der Waals surface area contributed by atoms with Gasteiger partial charge in [-0.05, 0) is 12.8 Å². The first-order valence-electron chi connectivity index (χ1n) is 6.61. The first-order valence-corrected chi connectivity index (χ1v) is 7.76. The minimum absolute atomic E-state index is 0.0363. The van der Waals surface area contributed by atoms with E-state index in [2.05, 4.69) is 16.0 Å². The van der Waals surface area contributed by atoms with E-state index in [1.165, 1.54) is 0 Å². The van der Waals surface area contributed by atoms with Gasteiger partial charge >= 0.3 is 0 Å². The normalized spacial score (nSPS) is 23.4. The highest BCUT2D eigenvalue weighted by atomic mass is 32.2. The SMILES string of the molecule is O=C(CC1CSCCN1)NCCC(=O)NC1CC1. The van der Waals surface area contributed by atoms with Gasteiger partial charge in [-0.25, -0.2) is 0 Å². The highest BCUT2D eigenvalue weighted by molar-refractivity contribution is 7.99. The molecule has 2 aliphatic rings. The molecule has 5 nitrogen and oxygen atoms in total. The molecule has 1 unspecified atom stereocenters. The molecule has 1 aliphatic heterocycles. The minimum atomic E-state index is 0.0363. The van der Waals surface area contributed by atoms with Gasteiger partial charge < -0.3 is 16.0 Å². The summed E-state index contributed by atoms with van der Waals surface area (Å²) in [7, 11) is 0. The van der Waals surface area contributed by atoms with Gasteiger partial charge in [-0.1, -0.05) is 0 Å². The molecular weight excluding hydrogens is 250 g/mol. The molecular formula is C12H21N3O2S. The molecule has 0 spiro atoms. The molecule has 0 aromatic heterocycles. The number of hydrogen-bond acceptors (Lipinski definition) is 4. The van der Waals surface area contributed by atoms with Crippen LogP contribution in [0.2, 0.25) is 0 Å². The molecule has 0 bridgehead atoms. The minimum Gasteiger partial charge on any atom is -0.356 e. The summed E-state index contributed by atoms with van der Waals surface area (Å²) in [6.07, 6.45) is 3.10. The first-order chi connectivity index (χ1) is 8.74. The smallest absolute Gasteiger partial charge is 0.221 e. The quantitative estimate of drug-likeness (QED) is 0.629. The first kappa shape index (κ1) is 13.7. The molecule has 1 heterocycles. The van der Waals surface area contributed by atoms with Gasteiger partial charge in [0.15, 0.2) is 0 Å². The monoisotopic (exact) mass is 271 g/mol. The van der Waals surface area contributed by atoms with Crippen LogP contribution in [0.25, 0.3) is 0 Å². The molecule has 18 heavy (non-hydrogen) atoms. The van der Waals surface area contributed by atoms with Gasteiger partial charge in [-0.2, -0.15) is 11.8 Å². The molecule has 2 fully saturated rings. The van der Waals surface area contributed by atoms with Crippen LogP contribution in [0.15, 0.2) is 0 Å². The Labute approximate surface area is 112 Å². The lowest BCUT2D eigenvalue weighted by atomic mass is 10.2. The van der Waals surface area contributed by atoms with E-state index in [0.717, 1.165) is 30.9 Å². The van der Waals surface area contributed by atoms with Crippen LogP contribution >= 0.6 is 11.8 Å². The molecule has 2 amide bonds. The Kier molecular flexibility index (Phi) is 5.31. The van der Waals surface area contributed by atoms with Gasteiger partial charge in [0, 0.05) is 49.5 Å². The third kappa shape index (κ3) is 5.27. The van der Waals surface area contributed by atoms with Crippen LogP contribution in [-0.4, -0.2) is 48.5 Å². The number of thioether (sulfide) groups is 1. The molecule has 3 N–H and O–H groups in total. The van der Waals surface area contributed by atoms with Crippen LogP contribution in [0.3, 0.4) is 0 Å². The lowest BCUT2D eigenvalue weighted by molar-refractivity contribution is -0.122. The fraction of sp³-hybridized carbons (Fsp3) is 0.833. The highest BCUT2D eigenvalue weighted by Gasteiger charge is 2.23. The zero-order valence-electron chi connectivity index (χ0n) is 10.5. The Morgan fingerprint density at radius 3 is 2.78 bits per heavy atom.